The third kappa shape index (κ3) is 3.94. The van der Waals surface area contributed by atoms with Gasteiger partial charge >= 0.3 is 0 Å². The lowest BCUT2D eigenvalue weighted by Crippen LogP contribution is -2.39. The van der Waals surface area contributed by atoms with Crippen LogP contribution >= 0.6 is 28.3 Å². The standard InChI is InChI=1S/C14H21BrN2O3S.ClH/c1-14(2,8-16)9-17(3)21(18,19)12-7-11(15)6-10-4-5-20-13(10)12;/h6-7H,4-5,8-9,16H2,1-3H3;1H. The molecule has 0 amide bonds. The van der Waals surface area contributed by atoms with Crippen LogP contribution in [-0.4, -0.2) is 39.5 Å². The summed E-state index contributed by atoms with van der Waals surface area (Å²) in [5, 5.41) is 0. The molecule has 1 aromatic carbocycles. The average Bonchev–Trinajstić information content (AvgIpc) is 2.84. The minimum Gasteiger partial charge on any atom is -0.492 e. The molecule has 2 N–H and O–H groups in total. The molecule has 8 heteroatoms. The van der Waals surface area contributed by atoms with Gasteiger partial charge < -0.3 is 10.5 Å². The van der Waals surface area contributed by atoms with E-state index in [1.807, 2.05) is 19.9 Å². The molecule has 0 saturated heterocycles. The Morgan fingerprint density at radius 1 is 1.41 bits per heavy atom. The van der Waals surface area contributed by atoms with Crippen molar-refractivity contribution in [2.45, 2.75) is 25.2 Å². The van der Waals surface area contributed by atoms with Crippen molar-refractivity contribution in [3.63, 3.8) is 0 Å². The van der Waals surface area contributed by atoms with Crippen molar-refractivity contribution < 1.29 is 13.2 Å². The summed E-state index contributed by atoms with van der Waals surface area (Å²) in [6, 6.07) is 3.51. The maximum Gasteiger partial charge on any atom is 0.246 e. The van der Waals surface area contributed by atoms with E-state index in [-0.39, 0.29) is 22.7 Å². The van der Waals surface area contributed by atoms with E-state index in [0.717, 1.165) is 16.5 Å². The highest BCUT2D eigenvalue weighted by molar-refractivity contribution is 9.10. The molecule has 2 rings (SSSR count). The van der Waals surface area contributed by atoms with Gasteiger partial charge in [0.15, 0.2) is 0 Å². The van der Waals surface area contributed by atoms with Crippen molar-refractivity contribution in [1.29, 1.82) is 0 Å². The number of sulfonamides is 1. The summed E-state index contributed by atoms with van der Waals surface area (Å²) in [6.07, 6.45) is 0.731. The van der Waals surface area contributed by atoms with Crippen molar-refractivity contribution in [2.75, 3.05) is 26.7 Å². The maximum atomic E-state index is 12.8. The molecular formula is C14H22BrClN2O3S. The second-order valence-corrected chi connectivity index (χ2v) is 9.05. The van der Waals surface area contributed by atoms with Crippen LogP contribution in [0, 0.1) is 5.41 Å². The van der Waals surface area contributed by atoms with Gasteiger partial charge in [0.05, 0.1) is 6.61 Å². The number of hydrogen-bond acceptors (Lipinski definition) is 4. The van der Waals surface area contributed by atoms with E-state index in [9.17, 15) is 8.42 Å². The molecule has 22 heavy (non-hydrogen) atoms. The summed E-state index contributed by atoms with van der Waals surface area (Å²) in [6.45, 7) is 5.18. The second kappa shape index (κ2) is 7.05. The van der Waals surface area contributed by atoms with Gasteiger partial charge in [-0.1, -0.05) is 29.8 Å². The molecule has 5 nitrogen and oxygen atoms in total. The summed E-state index contributed by atoms with van der Waals surface area (Å²) in [4.78, 5) is 0.222. The number of halogens is 2. The Labute approximate surface area is 146 Å². The first-order valence-corrected chi connectivity index (χ1v) is 9.02. The molecule has 0 aromatic heterocycles. The molecule has 0 radical (unpaired) electrons. The number of hydrogen-bond donors (Lipinski definition) is 1. The van der Waals surface area contributed by atoms with Gasteiger partial charge in [-0.15, -0.1) is 12.4 Å². The number of ether oxygens (including phenoxy) is 1. The van der Waals surface area contributed by atoms with Crippen molar-refractivity contribution in [3.8, 4) is 5.75 Å². The highest BCUT2D eigenvalue weighted by atomic mass is 79.9. The third-order valence-corrected chi connectivity index (χ3v) is 5.87. The number of nitrogens with zero attached hydrogens (tertiary/aromatic N) is 1. The van der Waals surface area contributed by atoms with Gasteiger partial charge in [-0.2, -0.15) is 0 Å². The molecular weight excluding hydrogens is 392 g/mol. The largest absolute Gasteiger partial charge is 0.492 e. The van der Waals surface area contributed by atoms with Gasteiger partial charge in [-0.05, 0) is 24.1 Å². The van der Waals surface area contributed by atoms with E-state index in [2.05, 4.69) is 15.9 Å². The smallest absolute Gasteiger partial charge is 0.246 e. The van der Waals surface area contributed by atoms with Crippen LogP contribution in [0.5, 0.6) is 5.75 Å². The normalized spacial score (nSPS) is 14.5. The second-order valence-electron chi connectivity index (χ2n) is 6.12. The predicted octanol–water partition coefficient (Wildman–Crippen LogP) is 2.41. The Hall–Kier alpha value is -0.340. The molecule has 0 bridgehead atoms. The molecule has 1 heterocycles. The SMILES string of the molecule is CN(CC(C)(C)CN)S(=O)(=O)c1cc(Br)cc2c1OCC2.Cl. The van der Waals surface area contributed by atoms with E-state index < -0.39 is 10.0 Å². The van der Waals surface area contributed by atoms with Gasteiger partial charge in [-0.3, -0.25) is 0 Å². The maximum absolute atomic E-state index is 12.8. The summed E-state index contributed by atoms with van der Waals surface area (Å²) < 4.78 is 33.3. The number of nitrogens with two attached hydrogens (primary N) is 1. The van der Waals surface area contributed by atoms with E-state index in [0.29, 0.717) is 25.4 Å². The molecule has 0 spiro atoms. The molecule has 0 unspecified atom stereocenters. The van der Waals surface area contributed by atoms with Crippen LogP contribution in [0.1, 0.15) is 19.4 Å². The van der Waals surface area contributed by atoms with Crippen LogP contribution in [0.3, 0.4) is 0 Å². The predicted molar refractivity (Wildman–Crippen MR) is 93.2 cm³/mol. The van der Waals surface area contributed by atoms with E-state index >= 15 is 0 Å². The fourth-order valence-electron chi connectivity index (χ4n) is 2.35. The first-order valence-electron chi connectivity index (χ1n) is 6.79. The molecule has 0 saturated carbocycles. The summed E-state index contributed by atoms with van der Waals surface area (Å²) in [5.74, 6) is 0.482. The topological polar surface area (TPSA) is 72.6 Å². The fourth-order valence-corrected chi connectivity index (χ4v) is 4.56. The molecule has 0 fully saturated rings. The number of benzene rings is 1. The first-order chi connectivity index (χ1) is 9.67. The quantitative estimate of drug-likeness (QED) is 0.804. The Morgan fingerprint density at radius 3 is 2.64 bits per heavy atom. The summed E-state index contributed by atoms with van der Waals surface area (Å²) >= 11 is 3.37. The Balaban J connectivity index is 0.00000242. The molecule has 1 aromatic rings. The van der Waals surface area contributed by atoms with E-state index in [1.165, 1.54) is 4.31 Å². The van der Waals surface area contributed by atoms with Crippen molar-refractivity contribution in [3.05, 3.63) is 22.2 Å². The summed E-state index contributed by atoms with van der Waals surface area (Å²) in [7, 11) is -2.03. The number of rotatable bonds is 5. The van der Waals surface area contributed by atoms with Crippen LogP contribution < -0.4 is 10.5 Å². The molecule has 126 valence electrons. The van der Waals surface area contributed by atoms with Gasteiger partial charge in [0.25, 0.3) is 0 Å². The monoisotopic (exact) mass is 412 g/mol. The third-order valence-electron chi connectivity index (χ3n) is 3.61. The lowest BCUT2D eigenvalue weighted by molar-refractivity contribution is 0.290. The van der Waals surface area contributed by atoms with Gasteiger partial charge in [0, 0.05) is 30.0 Å². The molecule has 1 aliphatic rings. The van der Waals surface area contributed by atoms with Crippen LogP contribution in [0.25, 0.3) is 0 Å². The van der Waals surface area contributed by atoms with E-state index in [4.69, 9.17) is 10.5 Å². The molecule has 0 atom stereocenters. The van der Waals surface area contributed by atoms with Crippen LogP contribution in [-0.2, 0) is 16.4 Å². The first kappa shape index (κ1) is 19.7. The Kier molecular flexibility index (Phi) is 6.31. The molecule has 0 aliphatic carbocycles. The Bertz CT molecular complexity index is 650. The van der Waals surface area contributed by atoms with Crippen molar-refractivity contribution in [2.24, 2.45) is 11.1 Å². The zero-order chi connectivity index (χ0) is 15.8. The fraction of sp³-hybridized carbons (Fsp3) is 0.571. The van der Waals surface area contributed by atoms with E-state index in [1.54, 1.807) is 13.1 Å². The minimum atomic E-state index is -3.61. The lowest BCUT2D eigenvalue weighted by Gasteiger charge is -2.28. The minimum absolute atomic E-state index is 0. The highest BCUT2D eigenvalue weighted by Crippen LogP contribution is 2.37. The van der Waals surface area contributed by atoms with Gasteiger partial charge in [0.2, 0.25) is 10.0 Å². The Morgan fingerprint density at radius 2 is 2.05 bits per heavy atom. The molecule has 1 aliphatic heterocycles. The zero-order valence-electron chi connectivity index (χ0n) is 12.9. The van der Waals surface area contributed by atoms with Gasteiger partial charge in [0.1, 0.15) is 10.6 Å². The van der Waals surface area contributed by atoms with Crippen LogP contribution in [0.4, 0.5) is 0 Å². The average molecular weight is 414 g/mol. The highest BCUT2D eigenvalue weighted by Gasteiger charge is 2.32. The van der Waals surface area contributed by atoms with Crippen LogP contribution in [0.2, 0.25) is 0 Å². The van der Waals surface area contributed by atoms with Crippen molar-refractivity contribution in [1.82, 2.24) is 4.31 Å². The number of fused-ring (bicyclic) bond motifs is 1. The van der Waals surface area contributed by atoms with Crippen molar-refractivity contribution >= 4 is 38.4 Å². The summed E-state index contributed by atoms with van der Waals surface area (Å²) in [5.41, 5.74) is 6.34. The lowest BCUT2D eigenvalue weighted by atomic mass is 9.94. The van der Waals surface area contributed by atoms with Gasteiger partial charge in [-0.25, -0.2) is 12.7 Å². The van der Waals surface area contributed by atoms with Crippen LogP contribution in [0.15, 0.2) is 21.5 Å². The zero-order valence-corrected chi connectivity index (χ0v) is 16.1.